The molecule has 3 heterocycles. The predicted molar refractivity (Wildman–Crippen MR) is 235 cm³/mol. The molecule has 262 valence electrons. The summed E-state index contributed by atoms with van der Waals surface area (Å²) in [5.74, 6) is 0.687. The smallest absolute Gasteiger partial charge is 0.160 e. The van der Waals surface area contributed by atoms with Gasteiger partial charge in [-0.3, -0.25) is 0 Å². The zero-order valence-electron chi connectivity index (χ0n) is 30.2. The van der Waals surface area contributed by atoms with Crippen molar-refractivity contribution in [3.63, 3.8) is 0 Å². The van der Waals surface area contributed by atoms with Gasteiger partial charge >= 0.3 is 0 Å². The molecule has 0 bridgehead atoms. The average Bonchev–Trinajstić information content (AvgIpc) is 3.85. The van der Waals surface area contributed by atoms with E-state index in [0.29, 0.717) is 5.82 Å². The van der Waals surface area contributed by atoms with Crippen LogP contribution in [0.1, 0.15) is 0 Å². The number of nitrogens with zero attached hydrogens (tertiary/aromatic N) is 2. The summed E-state index contributed by atoms with van der Waals surface area (Å²) < 4.78 is 9.21. The fraction of sp³-hybridized carbons (Fsp3) is 0. The zero-order chi connectivity index (χ0) is 37.0. The number of para-hydroxylation sites is 2. The summed E-state index contributed by atoms with van der Waals surface area (Å²) in [6, 6.07) is 68.6. The molecule has 3 nitrogen and oxygen atoms in total. The minimum Gasteiger partial charge on any atom is -0.455 e. The molecule has 0 amide bonds. The van der Waals surface area contributed by atoms with Crippen LogP contribution in [0, 0.1) is 0 Å². The minimum atomic E-state index is 0.687. The highest BCUT2D eigenvalue weighted by atomic mass is 32.1. The molecule has 0 fully saturated rings. The lowest BCUT2D eigenvalue weighted by atomic mass is 9.92. The van der Waals surface area contributed by atoms with Crippen molar-refractivity contribution in [2.75, 3.05) is 0 Å². The maximum absolute atomic E-state index is 6.59. The summed E-state index contributed by atoms with van der Waals surface area (Å²) in [6.07, 6.45) is 0. The highest BCUT2D eigenvalue weighted by Crippen LogP contribution is 2.41. The van der Waals surface area contributed by atoms with Crippen LogP contribution in [0.4, 0.5) is 0 Å². The van der Waals surface area contributed by atoms with Gasteiger partial charge in [-0.1, -0.05) is 140 Å². The second kappa shape index (κ2) is 13.3. The Labute approximate surface area is 327 Å². The van der Waals surface area contributed by atoms with Gasteiger partial charge in [-0.2, -0.15) is 0 Å². The van der Waals surface area contributed by atoms with Gasteiger partial charge in [0.2, 0.25) is 0 Å². The number of fused-ring (bicyclic) bond motifs is 6. The van der Waals surface area contributed by atoms with Crippen molar-refractivity contribution in [2.45, 2.75) is 0 Å². The lowest BCUT2D eigenvalue weighted by molar-refractivity contribution is 0.670. The van der Waals surface area contributed by atoms with E-state index >= 15 is 0 Å². The van der Waals surface area contributed by atoms with E-state index in [9.17, 15) is 0 Å². The van der Waals surface area contributed by atoms with E-state index in [4.69, 9.17) is 14.4 Å². The lowest BCUT2D eigenvalue weighted by Crippen LogP contribution is -1.96. The number of rotatable bonds is 6. The van der Waals surface area contributed by atoms with Gasteiger partial charge in [0.15, 0.2) is 5.82 Å². The van der Waals surface area contributed by atoms with Gasteiger partial charge in [0.05, 0.1) is 11.4 Å². The van der Waals surface area contributed by atoms with Crippen molar-refractivity contribution in [1.29, 1.82) is 0 Å². The third-order valence-electron chi connectivity index (χ3n) is 10.7. The molecule has 0 atom stereocenters. The van der Waals surface area contributed by atoms with Crippen LogP contribution in [0.2, 0.25) is 0 Å². The Bertz CT molecular complexity index is 3190. The molecule has 0 unspecified atom stereocenters. The van der Waals surface area contributed by atoms with E-state index < -0.39 is 0 Å². The van der Waals surface area contributed by atoms with Crippen LogP contribution in [0.25, 0.3) is 109 Å². The first-order chi connectivity index (χ1) is 27.7. The van der Waals surface area contributed by atoms with E-state index in [1.807, 2.05) is 47.7 Å². The quantitative estimate of drug-likeness (QED) is 0.171. The largest absolute Gasteiger partial charge is 0.455 e. The van der Waals surface area contributed by atoms with Crippen LogP contribution in [0.3, 0.4) is 0 Å². The van der Waals surface area contributed by atoms with Gasteiger partial charge in [0, 0.05) is 53.2 Å². The van der Waals surface area contributed by atoms with Gasteiger partial charge in [-0.05, 0) is 82.4 Å². The molecule has 11 rings (SSSR count). The first kappa shape index (κ1) is 32.3. The Morgan fingerprint density at radius 2 is 0.911 bits per heavy atom. The van der Waals surface area contributed by atoms with E-state index in [-0.39, 0.29) is 0 Å². The van der Waals surface area contributed by atoms with Gasteiger partial charge in [-0.15, -0.1) is 11.3 Å². The van der Waals surface area contributed by atoms with Gasteiger partial charge in [-0.25, -0.2) is 9.97 Å². The maximum Gasteiger partial charge on any atom is 0.160 e. The number of thiophene rings is 1. The number of furan rings is 1. The highest BCUT2D eigenvalue weighted by Gasteiger charge is 2.17. The monoisotopic (exact) mass is 732 g/mol. The van der Waals surface area contributed by atoms with E-state index in [1.165, 1.54) is 31.3 Å². The van der Waals surface area contributed by atoms with Gasteiger partial charge in [0.25, 0.3) is 0 Å². The van der Waals surface area contributed by atoms with Crippen LogP contribution >= 0.6 is 11.3 Å². The lowest BCUT2D eigenvalue weighted by Gasteiger charge is -2.14. The fourth-order valence-electron chi connectivity index (χ4n) is 7.92. The molecule has 0 aliphatic carbocycles. The van der Waals surface area contributed by atoms with Gasteiger partial charge in [0.1, 0.15) is 11.2 Å². The minimum absolute atomic E-state index is 0.687. The summed E-state index contributed by atoms with van der Waals surface area (Å²) >= 11 is 1.85. The third kappa shape index (κ3) is 5.67. The Balaban J connectivity index is 1.12. The zero-order valence-corrected chi connectivity index (χ0v) is 31.0. The first-order valence-corrected chi connectivity index (χ1v) is 19.6. The predicted octanol–water partition coefficient (Wildman–Crippen LogP) is 14.7. The summed E-state index contributed by atoms with van der Waals surface area (Å²) in [5, 5.41) is 4.81. The van der Waals surface area contributed by atoms with Crippen LogP contribution in [0.5, 0.6) is 0 Å². The first-order valence-electron chi connectivity index (χ1n) is 18.8. The number of hydrogen-bond acceptors (Lipinski definition) is 4. The van der Waals surface area contributed by atoms with Gasteiger partial charge < -0.3 is 4.42 Å². The molecule has 11 aromatic rings. The van der Waals surface area contributed by atoms with E-state index in [1.54, 1.807) is 0 Å². The molecule has 56 heavy (non-hydrogen) atoms. The van der Waals surface area contributed by atoms with Crippen molar-refractivity contribution >= 4 is 53.4 Å². The second-order valence-electron chi connectivity index (χ2n) is 14.2. The number of hydrogen-bond donors (Lipinski definition) is 0. The van der Waals surface area contributed by atoms with E-state index in [2.05, 4.69) is 158 Å². The van der Waals surface area contributed by atoms with Crippen LogP contribution in [-0.2, 0) is 0 Å². The highest BCUT2D eigenvalue weighted by molar-refractivity contribution is 7.25. The summed E-state index contributed by atoms with van der Waals surface area (Å²) in [7, 11) is 0. The molecule has 0 aliphatic heterocycles. The molecule has 0 spiro atoms. The van der Waals surface area contributed by atoms with Crippen molar-refractivity contribution in [3.8, 4) is 67.3 Å². The Hall–Kier alpha value is -7.14. The topological polar surface area (TPSA) is 38.9 Å². The molecule has 0 saturated carbocycles. The normalized spacial score (nSPS) is 11.6. The molecule has 0 radical (unpaired) electrons. The van der Waals surface area contributed by atoms with Crippen molar-refractivity contribution in [1.82, 2.24) is 9.97 Å². The summed E-state index contributed by atoms with van der Waals surface area (Å²) in [6.45, 7) is 0. The Morgan fingerprint density at radius 3 is 1.75 bits per heavy atom. The molecule has 3 aromatic heterocycles. The third-order valence-corrected chi connectivity index (χ3v) is 11.8. The number of aromatic nitrogens is 2. The molecular weight excluding hydrogens is 701 g/mol. The van der Waals surface area contributed by atoms with Crippen LogP contribution < -0.4 is 0 Å². The van der Waals surface area contributed by atoms with Crippen LogP contribution in [0.15, 0.2) is 199 Å². The van der Waals surface area contributed by atoms with Crippen LogP contribution in [-0.4, -0.2) is 9.97 Å². The fourth-order valence-corrected chi connectivity index (χ4v) is 9.01. The van der Waals surface area contributed by atoms with Crippen molar-refractivity contribution in [3.05, 3.63) is 194 Å². The van der Waals surface area contributed by atoms with Crippen molar-refractivity contribution < 1.29 is 4.42 Å². The SMILES string of the molecule is c1ccc(-c2cc(-c3cc(-c4cccc(-c5ccc6sc7ccccc7c6c5)c4)cc(-c4cccc5c4oc4ccccc45)c3)nc(-c3ccccc3)n2)cc1. The molecule has 0 aliphatic rings. The maximum atomic E-state index is 6.59. The summed E-state index contributed by atoms with van der Waals surface area (Å²) in [5.41, 5.74) is 13.2. The molecule has 4 heteroatoms. The average molecular weight is 733 g/mol. The van der Waals surface area contributed by atoms with E-state index in [0.717, 1.165) is 72.3 Å². The number of benzene rings is 8. The molecule has 0 saturated heterocycles. The molecular formula is C52H32N2OS. The second-order valence-corrected chi connectivity index (χ2v) is 15.2. The molecule has 0 N–H and O–H groups in total. The summed E-state index contributed by atoms with van der Waals surface area (Å²) in [4.78, 5) is 10.3. The van der Waals surface area contributed by atoms with Crippen molar-refractivity contribution in [2.24, 2.45) is 0 Å². The Morgan fingerprint density at radius 1 is 0.339 bits per heavy atom. The molecule has 8 aromatic carbocycles. The Kier molecular flexibility index (Phi) is 7.68. The standard InChI is InChI=1S/C52H32N2OS/c1-3-13-33(14-4-1)46-32-47(54-52(53-46)34-15-5-2-6-16-34)40-29-38(28-39(30-40)41-21-12-22-44-42-19-7-9-23-48(42)55-51(41)44)36-18-11-17-35(27-36)37-25-26-50-45(31-37)43-20-8-10-24-49(43)56-50/h1-32H.